The predicted molar refractivity (Wildman–Crippen MR) is 64.3 cm³/mol. The van der Waals surface area contributed by atoms with E-state index in [1.54, 1.807) is 13.8 Å². The van der Waals surface area contributed by atoms with Crippen LogP contribution in [0.2, 0.25) is 0 Å². The highest BCUT2D eigenvalue weighted by Gasteiger charge is 2.20. The van der Waals surface area contributed by atoms with Crippen molar-refractivity contribution in [2.75, 3.05) is 13.2 Å². The average molecular weight is 255 g/mol. The van der Waals surface area contributed by atoms with E-state index in [-0.39, 0.29) is 24.6 Å². The van der Waals surface area contributed by atoms with Crippen LogP contribution in [0, 0.1) is 0 Å². The highest BCUT2D eigenvalue weighted by molar-refractivity contribution is 6.13. The molecule has 0 aliphatic heterocycles. The minimum absolute atomic E-state index is 0.152. The van der Waals surface area contributed by atoms with Crippen LogP contribution in [0.4, 0.5) is 0 Å². The fourth-order valence-electron chi connectivity index (χ4n) is 0.916. The van der Waals surface area contributed by atoms with Gasteiger partial charge in [-0.1, -0.05) is 0 Å². The quantitative estimate of drug-likeness (QED) is 0.312. The maximum atomic E-state index is 11.5. The number of rotatable bonds is 7. The molecule has 0 aliphatic rings. The van der Waals surface area contributed by atoms with Crippen molar-refractivity contribution in [3.8, 4) is 0 Å². The summed E-state index contributed by atoms with van der Waals surface area (Å²) in [6.45, 7) is 4.94. The number of esters is 2. The van der Waals surface area contributed by atoms with E-state index >= 15 is 0 Å². The number of carbonyl (C=O) groups excluding carboxylic acids is 3. The van der Waals surface area contributed by atoms with Crippen LogP contribution in [-0.4, -0.2) is 30.9 Å². The first-order valence-electron chi connectivity index (χ1n) is 5.50. The molecule has 0 bridgehead atoms. The fourth-order valence-corrected chi connectivity index (χ4v) is 0.916. The van der Waals surface area contributed by atoms with Crippen LogP contribution in [0.3, 0.4) is 0 Å². The van der Waals surface area contributed by atoms with E-state index in [0.29, 0.717) is 0 Å². The van der Waals surface area contributed by atoms with Crippen molar-refractivity contribution in [3.05, 3.63) is 24.0 Å². The Morgan fingerprint density at radius 1 is 1.06 bits per heavy atom. The molecule has 0 saturated heterocycles. The van der Waals surface area contributed by atoms with Gasteiger partial charge in [0.25, 0.3) is 0 Å². The molecule has 18 heavy (non-hydrogen) atoms. The Kier molecular flexibility index (Phi) is 7.92. The van der Waals surface area contributed by atoms with Gasteiger partial charge in [0, 0.05) is 12.4 Å². The molecule has 0 saturated carbocycles. The van der Waals surface area contributed by atoms with E-state index in [1.165, 1.54) is 19.2 Å². The molecule has 0 atom stereocenters. The van der Waals surface area contributed by atoms with Crippen LogP contribution in [0.15, 0.2) is 24.0 Å². The Bertz CT molecular complexity index is 351. The predicted octanol–water partition coefficient (Wildman–Crippen LogP) is 0.689. The molecule has 0 radical (unpaired) electrons. The number of allylic oxidation sites excluding steroid dienone is 1. The van der Waals surface area contributed by atoms with Crippen molar-refractivity contribution < 1.29 is 23.9 Å². The van der Waals surface area contributed by atoms with E-state index in [9.17, 15) is 14.4 Å². The van der Waals surface area contributed by atoms with E-state index in [4.69, 9.17) is 9.47 Å². The molecule has 6 nitrogen and oxygen atoms in total. The van der Waals surface area contributed by atoms with E-state index in [0.717, 1.165) is 6.20 Å². The van der Waals surface area contributed by atoms with Gasteiger partial charge in [-0.2, -0.15) is 0 Å². The summed E-state index contributed by atoms with van der Waals surface area (Å²) in [6, 6.07) is 0. The first-order valence-corrected chi connectivity index (χ1v) is 5.50. The number of carbonyl (C=O) groups is 3. The summed E-state index contributed by atoms with van der Waals surface area (Å²) in [5.41, 5.74) is -0.257. The number of ketones is 1. The van der Waals surface area contributed by atoms with Crippen molar-refractivity contribution in [1.29, 1.82) is 0 Å². The molecular weight excluding hydrogens is 238 g/mol. The summed E-state index contributed by atoms with van der Waals surface area (Å²) in [4.78, 5) is 33.6. The molecule has 0 aliphatic carbocycles. The normalized spacial score (nSPS) is 9.72. The summed E-state index contributed by atoms with van der Waals surface area (Å²) in [5.74, 6) is -1.72. The average Bonchev–Trinajstić information content (AvgIpc) is 2.28. The van der Waals surface area contributed by atoms with Gasteiger partial charge in [0.1, 0.15) is 0 Å². The van der Waals surface area contributed by atoms with Gasteiger partial charge in [-0.15, -0.1) is 0 Å². The number of hydrogen-bond donors (Lipinski definition) is 1. The van der Waals surface area contributed by atoms with Gasteiger partial charge < -0.3 is 14.8 Å². The summed E-state index contributed by atoms with van der Waals surface area (Å²) in [5, 5.41) is 2.53. The lowest BCUT2D eigenvalue weighted by atomic mass is 10.3. The zero-order valence-electron chi connectivity index (χ0n) is 10.7. The van der Waals surface area contributed by atoms with Crippen LogP contribution in [0.5, 0.6) is 0 Å². The monoisotopic (exact) mass is 255 g/mol. The molecule has 0 rings (SSSR count). The molecule has 0 spiro atoms. The lowest BCUT2D eigenvalue weighted by molar-refractivity contribution is -0.146. The molecule has 0 amide bonds. The van der Waals surface area contributed by atoms with Gasteiger partial charge in [0.05, 0.1) is 13.2 Å². The van der Waals surface area contributed by atoms with Gasteiger partial charge in [0.2, 0.25) is 0 Å². The second kappa shape index (κ2) is 8.98. The van der Waals surface area contributed by atoms with Crippen LogP contribution in [0.1, 0.15) is 20.8 Å². The molecule has 0 aromatic heterocycles. The van der Waals surface area contributed by atoms with E-state index < -0.39 is 11.9 Å². The van der Waals surface area contributed by atoms with Crippen molar-refractivity contribution in [3.63, 3.8) is 0 Å². The lowest BCUT2D eigenvalue weighted by Crippen LogP contribution is -2.20. The van der Waals surface area contributed by atoms with Gasteiger partial charge in [0.15, 0.2) is 11.4 Å². The van der Waals surface area contributed by atoms with Gasteiger partial charge in [-0.3, -0.25) is 4.79 Å². The Balaban J connectivity index is 4.74. The SMILES string of the molecule is CCOC(=O)C(=CN/C=C\C(C)=O)C(=O)OCC. The molecule has 0 aromatic carbocycles. The zero-order valence-corrected chi connectivity index (χ0v) is 10.7. The zero-order chi connectivity index (χ0) is 14.0. The minimum Gasteiger partial charge on any atom is -0.462 e. The van der Waals surface area contributed by atoms with Crippen molar-refractivity contribution >= 4 is 17.7 Å². The first-order chi connectivity index (χ1) is 8.52. The molecule has 0 heterocycles. The maximum Gasteiger partial charge on any atom is 0.347 e. The third-order valence-corrected chi connectivity index (χ3v) is 1.63. The molecule has 0 aromatic rings. The summed E-state index contributed by atoms with van der Waals surface area (Å²) < 4.78 is 9.42. The van der Waals surface area contributed by atoms with Crippen molar-refractivity contribution in [2.45, 2.75) is 20.8 Å². The molecule has 0 unspecified atom stereocenters. The first kappa shape index (κ1) is 15.9. The Morgan fingerprint density at radius 2 is 1.56 bits per heavy atom. The van der Waals surface area contributed by atoms with E-state index in [2.05, 4.69) is 5.32 Å². The van der Waals surface area contributed by atoms with Crippen LogP contribution in [-0.2, 0) is 23.9 Å². The molecule has 6 heteroatoms. The van der Waals surface area contributed by atoms with Crippen LogP contribution < -0.4 is 5.32 Å². The second-order valence-electron chi connectivity index (χ2n) is 3.11. The fraction of sp³-hybridized carbons (Fsp3) is 0.417. The van der Waals surface area contributed by atoms with Crippen LogP contribution in [0.25, 0.3) is 0 Å². The highest BCUT2D eigenvalue weighted by atomic mass is 16.6. The van der Waals surface area contributed by atoms with E-state index in [1.807, 2.05) is 0 Å². The summed E-state index contributed by atoms with van der Waals surface area (Å²) >= 11 is 0. The van der Waals surface area contributed by atoms with Crippen molar-refractivity contribution in [2.24, 2.45) is 0 Å². The van der Waals surface area contributed by atoms with Gasteiger partial charge in [-0.25, -0.2) is 9.59 Å². The largest absolute Gasteiger partial charge is 0.462 e. The molecule has 100 valence electrons. The number of nitrogens with one attached hydrogen (secondary N) is 1. The summed E-state index contributed by atoms with van der Waals surface area (Å²) in [7, 11) is 0. The topological polar surface area (TPSA) is 81.7 Å². The summed E-state index contributed by atoms with van der Waals surface area (Å²) in [6.07, 6.45) is 3.70. The third-order valence-electron chi connectivity index (χ3n) is 1.63. The Morgan fingerprint density at radius 3 is 1.94 bits per heavy atom. The number of ether oxygens (including phenoxy) is 2. The molecule has 1 N–H and O–H groups in total. The standard InChI is InChI=1S/C12H17NO5/c1-4-17-11(15)10(12(16)18-5-2)8-13-7-6-9(3)14/h6-8,13H,4-5H2,1-3H3/b7-6-. The minimum atomic E-state index is -0.778. The van der Waals surface area contributed by atoms with Crippen LogP contribution >= 0.6 is 0 Å². The smallest absolute Gasteiger partial charge is 0.347 e. The third kappa shape index (κ3) is 6.47. The maximum absolute atomic E-state index is 11.5. The molecular formula is C12H17NO5. The lowest BCUT2D eigenvalue weighted by Gasteiger charge is -2.06. The Hall–Kier alpha value is -2.11. The van der Waals surface area contributed by atoms with Gasteiger partial charge in [-0.05, 0) is 26.8 Å². The highest BCUT2D eigenvalue weighted by Crippen LogP contribution is 2.01. The van der Waals surface area contributed by atoms with Gasteiger partial charge >= 0.3 is 11.9 Å². The molecule has 0 fully saturated rings. The number of hydrogen-bond acceptors (Lipinski definition) is 6. The Labute approximate surface area is 106 Å². The second-order valence-corrected chi connectivity index (χ2v) is 3.11. The van der Waals surface area contributed by atoms with Crippen molar-refractivity contribution in [1.82, 2.24) is 5.32 Å².